The summed E-state index contributed by atoms with van der Waals surface area (Å²) in [5.74, 6) is 0.208. The number of aromatic hydroxyl groups is 1. The summed E-state index contributed by atoms with van der Waals surface area (Å²) >= 11 is 0. The minimum Gasteiger partial charge on any atom is -0.504 e. The zero-order chi connectivity index (χ0) is 16.1. The number of rotatable bonds is 2. The monoisotopic (exact) mass is 300 g/mol. The fraction of sp³-hybridized carbons (Fsp3) is 0.235. The lowest BCUT2D eigenvalue weighted by Crippen LogP contribution is -2.16. The van der Waals surface area contributed by atoms with Crippen LogP contribution >= 0.6 is 0 Å². The lowest BCUT2D eigenvalue weighted by molar-refractivity contribution is 0.0787. The molecule has 0 saturated heterocycles. The molecule has 0 radical (unpaired) electrons. The Morgan fingerprint density at radius 1 is 1.09 bits per heavy atom. The van der Waals surface area contributed by atoms with E-state index in [0.29, 0.717) is 27.5 Å². The standard InChI is InChI=1S/C17H16O5/c1-17(2,20)9-4-5-10-11-7-15(21-3)13(18)8-14(11)22-16(19)12(10)6-9/h4-8,18,20H,1-3H3. The number of phenols is 1. The molecule has 0 unspecified atom stereocenters. The third-order valence-electron chi connectivity index (χ3n) is 3.72. The van der Waals surface area contributed by atoms with Gasteiger partial charge in [-0.3, -0.25) is 0 Å². The van der Waals surface area contributed by atoms with Crippen molar-refractivity contribution >= 4 is 21.7 Å². The molecule has 3 aromatic rings. The van der Waals surface area contributed by atoms with Gasteiger partial charge in [0.15, 0.2) is 11.5 Å². The van der Waals surface area contributed by atoms with Crippen molar-refractivity contribution in [1.29, 1.82) is 0 Å². The Balaban J connectivity index is 2.43. The third kappa shape index (κ3) is 2.19. The molecule has 0 atom stereocenters. The molecule has 1 heterocycles. The lowest BCUT2D eigenvalue weighted by Gasteiger charge is -2.18. The molecule has 0 aliphatic rings. The molecule has 0 saturated carbocycles. The molecule has 5 heteroatoms. The summed E-state index contributed by atoms with van der Waals surface area (Å²) in [4.78, 5) is 12.2. The smallest absolute Gasteiger partial charge is 0.344 e. The van der Waals surface area contributed by atoms with Crippen LogP contribution in [-0.4, -0.2) is 17.3 Å². The molecular formula is C17H16O5. The number of hydrogen-bond donors (Lipinski definition) is 2. The Kier molecular flexibility index (Phi) is 3.11. The maximum atomic E-state index is 12.2. The van der Waals surface area contributed by atoms with Crippen molar-refractivity contribution < 1.29 is 19.4 Å². The molecule has 3 rings (SSSR count). The summed E-state index contributed by atoms with van der Waals surface area (Å²) in [6.45, 7) is 3.30. The summed E-state index contributed by atoms with van der Waals surface area (Å²) in [7, 11) is 1.45. The highest BCUT2D eigenvalue weighted by atomic mass is 16.5. The van der Waals surface area contributed by atoms with Crippen molar-refractivity contribution in [2.24, 2.45) is 0 Å². The summed E-state index contributed by atoms with van der Waals surface area (Å²) in [5, 5.41) is 21.6. The molecule has 2 N–H and O–H groups in total. The molecular weight excluding hydrogens is 284 g/mol. The first-order chi connectivity index (χ1) is 10.3. The second-order valence-corrected chi connectivity index (χ2v) is 5.73. The largest absolute Gasteiger partial charge is 0.504 e. The Hall–Kier alpha value is -2.53. The topological polar surface area (TPSA) is 79.9 Å². The SMILES string of the molecule is COc1cc2c(cc1O)oc(=O)c1cc(C(C)(C)O)ccc12. The van der Waals surface area contributed by atoms with Crippen molar-refractivity contribution in [2.75, 3.05) is 7.11 Å². The number of benzene rings is 2. The first kappa shape index (κ1) is 14.4. The van der Waals surface area contributed by atoms with Crippen LogP contribution in [0.1, 0.15) is 19.4 Å². The van der Waals surface area contributed by atoms with E-state index in [9.17, 15) is 15.0 Å². The van der Waals surface area contributed by atoms with E-state index in [4.69, 9.17) is 9.15 Å². The minimum atomic E-state index is -1.05. The number of methoxy groups -OCH3 is 1. The molecule has 0 bridgehead atoms. The minimum absolute atomic E-state index is 0.0920. The normalized spacial score (nSPS) is 12.0. The Labute approximate surface area is 126 Å². The first-order valence-electron chi connectivity index (χ1n) is 6.81. The average molecular weight is 300 g/mol. The zero-order valence-electron chi connectivity index (χ0n) is 12.5. The molecule has 2 aromatic carbocycles. The molecule has 5 nitrogen and oxygen atoms in total. The van der Waals surface area contributed by atoms with Crippen LogP contribution in [-0.2, 0) is 5.60 Å². The van der Waals surface area contributed by atoms with Gasteiger partial charge in [-0.1, -0.05) is 12.1 Å². The highest BCUT2D eigenvalue weighted by molar-refractivity contribution is 6.05. The van der Waals surface area contributed by atoms with Crippen LogP contribution in [0.25, 0.3) is 21.7 Å². The number of ether oxygens (including phenoxy) is 1. The van der Waals surface area contributed by atoms with Crippen molar-refractivity contribution in [3.8, 4) is 11.5 Å². The molecule has 1 aromatic heterocycles. The van der Waals surface area contributed by atoms with E-state index in [1.807, 2.05) is 0 Å². The number of fused-ring (bicyclic) bond motifs is 3. The van der Waals surface area contributed by atoms with Gasteiger partial charge in [0.05, 0.1) is 18.1 Å². The average Bonchev–Trinajstić information content (AvgIpc) is 2.45. The first-order valence-corrected chi connectivity index (χ1v) is 6.81. The van der Waals surface area contributed by atoms with E-state index in [1.165, 1.54) is 13.2 Å². The van der Waals surface area contributed by atoms with Crippen LogP contribution < -0.4 is 10.4 Å². The van der Waals surface area contributed by atoms with Gasteiger partial charge in [-0.2, -0.15) is 0 Å². The van der Waals surface area contributed by atoms with Gasteiger partial charge in [-0.25, -0.2) is 4.79 Å². The van der Waals surface area contributed by atoms with Crippen molar-refractivity contribution in [1.82, 2.24) is 0 Å². The van der Waals surface area contributed by atoms with E-state index >= 15 is 0 Å². The van der Waals surface area contributed by atoms with Crippen LogP contribution in [0.2, 0.25) is 0 Å². The molecule has 22 heavy (non-hydrogen) atoms. The molecule has 0 aliphatic carbocycles. The van der Waals surface area contributed by atoms with Crippen LogP contribution in [0.5, 0.6) is 11.5 Å². The fourth-order valence-corrected chi connectivity index (χ4v) is 2.49. The number of hydrogen-bond acceptors (Lipinski definition) is 5. The fourth-order valence-electron chi connectivity index (χ4n) is 2.49. The summed E-state index contributed by atoms with van der Waals surface area (Å²) in [6, 6.07) is 8.14. The predicted octanol–water partition coefficient (Wildman–Crippen LogP) is 2.89. The lowest BCUT2D eigenvalue weighted by atomic mass is 9.95. The van der Waals surface area contributed by atoms with E-state index in [1.54, 1.807) is 38.1 Å². The molecule has 114 valence electrons. The van der Waals surface area contributed by atoms with Crippen LogP contribution in [0.4, 0.5) is 0 Å². The van der Waals surface area contributed by atoms with Gasteiger partial charge in [0.1, 0.15) is 5.58 Å². The van der Waals surface area contributed by atoms with Crippen LogP contribution in [0, 0.1) is 0 Å². The Bertz CT molecular complexity index is 932. The number of aliphatic hydroxyl groups is 1. The third-order valence-corrected chi connectivity index (χ3v) is 3.72. The van der Waals surface area contributed by atoms with Crippen LogP contribution in [0.15, 0.2) is 39.5 Å². The van der Waals surface area contributed by atoms with Gasteiger partial charge >= 0.3 is 5.63 Å². The summed E-state index contributed by atoms with van der Waals surface area (Å²) in [5.41, 5.74) is -0.662. The van der Waals surface area contributed by atoms with Crippen molar-refractivity contribution in [3.05, 3.63) is 46.3 Å². The molecule has 0 aliphatic heterocycles. The summed E-state index contributed by atoms with van der Waals surface area (Å²) < 4.78 is 10.4. The predicted molar refractivity (Wildman–Crippen MR) is 83.5 cm³/mol. The Morgan fingerprint density at radius 3 is 2.45 bits per heavy atom. The van der Waals surface area contributed by atoms with Gasteiger partial charge in [0.2, 0.25) is 0 Å². The Morgan fingerprint density at radius 2 is 1.82 bits per heavy atom. The van der Waals surface area contributed by atoms with Crippen LogP contribution in [0.3, 0.4) is 0 Å². The van der Waals surface area contributed by atoms with E-state index in [-0.39, 0.29) is 11.3 Å². The molecule has 0 amide bonds. The van der Waals surface area contributed by atoms with Crippen molar-refractivity contribution in [2.45, 2.75) is 19.4 Å². The van der Waals surface area contributed by atoms with Gasteiger partial charge in [-0.15, -0.1) is 0 Å². The highest BCUT2D eigenvalue weighted by Crippen LogP contribution is 2.34. The van der Waals surface area contributed by atoms with E-state index < -0.39 is 11.2 Å². The quantitative estimate of drug-likeness (QED) is 0.562. The van der Waals surface area contributed by atoms with Crippen molar-refractivity contribution in [3.63, 3.8) is 0 Å². The van der Waals surface area contributed by atoms with Gasteiger partial charge < -0.3 is 19.4 Å². The van der Waals surface area contributed by atoms with Gasteiger partial charge in [-0.05, 0) is 31.5 Å². The number of phenolic OH excluding ortho intramolecular Hbond substituents is 1. The maximum Gasteiger partial charge on any atom is 0.344 e. The second-order valence-electron chi connectivity index (χ2n) is 5.73. The maximum absolute atomic E-state index is 12.2. The molecule has 0 spiro atoms. The highest BCUT2D eigenvalue weighted by Gasteiger charge is 2.18. The summed E-state index contributed by atoms with van der Waals surface area (Å²) in [6.07, 6.45) is 0. The zero-order valence-corrected chi connectivity index (χ0v) is 12.5. The second kappa shape index (κ2) is 4.74. The van der Waals surface area contributed by atoms with Gasteiger partial charge in [0.25, 0.3) is 0 Å². The molecule has 0 fully saturated rings. The van der Waals surface area contributed by atoms with Gasteiger partial charge in [0, 0.05) is 16.8 Å². The van der Waals surface area contributed by atoms with E-state index in [0.717, 1.165) is 0 Å². The van der Waals surface area contributed by atoms with E-state index in [2.05, 4.69) is 0 Å².